The van der Waals surface area contributed by atoms with Crippen molar-refractivity contribution in [1.82, 2.24) is 0 Å². The molecule has 0 aliphatic rings. The van der Waals surface area contributed by atoms with Gasteiger partial charge in [-0.05, 0) is 52.6 Å². The van der Waals surface area contributed by atoms with Crippen molar-refractivity contribution in [2.45, 2.75) is 6.92 Å². The molecule has 1 N–H and O–H groups in total. The standard InChI is InChI=1S/C18H13FO2/c1-11-6-8-15(14-5-3-2-4-13(11)14)17-10-12(19)7-9-16(17)18(20)21/h2-10H,1H3,(H,20,21). The molecule has 104 valence electrons. The number of carboxylic acids is 1. The topological polar surface area (TPSA) is 37.3 Å². The quantitative estimate of drug-likeness (QED) is 0.741. The summed E-state index contributed by atoms with van der Waals surface area (Å²) < 4.78 is 13.6. The highest BCUT2D eigenvalue weighted by atomic mass is 19.1. The number of aromatic carboxylic acids is 1. The molecule has 2 nitrogen and oxygen atoms in total. The van der Waals surface area contributed by atoms with Gasteiger partial charge in [-0.2, -0.15) is 0 Å². The Morgan fingerprint density at radius 3 is 2.38 bits per heavy atom. The van der Waals surface area contributed by atoms with E-state index in [-0.39, 0.29) is 5.56 Å². The second-order valence-electron chi connectivity index (χ2n) is 4.97. The molecule has 3 heteroatoms. The zero-order valence-corrected chi connectivity index (χ0v) is 11.4. The van der Waals surface area contributed by atoms with Gasteiger partial charge in [0.25, 0.3) is 0 Å². The molecule has 0 saturated heterocycles. The molecular formula is C18H13FO2. The maximum Gasteiger partial charge on any atom is 0.336 e. The molecule has 0 atom stereocenters. The van der Waals surface area contributed by atoms with Gasteiger partial charge in [-0.1, -0.05) is 36.4 Å². The van der Waals surface area contributed by atoms with Crippen LogP contribution in [0.25, 0.3) is 21.9 Å². The molecule has 0 aliphatic carbocycles. The SMILES string of the molecule is Cc1ccc(-c2cc(F)ccc2C(=O)O)c2ccccc12. The van der Waals surface area contributed by atoms with E-state index in [1.165, 1.54) is 18.2 Å². The van der Waals surface area contributed by atoms with E-state index in [0.29, 0.717) is 5.56 Å². The second-order valence-corrected chi connectivity index (χ2v) is 4.97. The lowest BCUT2D eigenvalue weighted by Gasteiger charge is -2.11. The molecule has 0 bridgehead atoms. The Kier molecular flexibility index (Phi) is 3.18. The van der Waals surface area contributed by atoms with Crippen LogP contribution < -0.4 is 0 Å². The highest BCUT2D eigenvalue weighted by Gasteiger charge is 2.15. The molecule has 3 aromatic carbocycles. The number of hydrogen-bond acceptors (Lipinski definition) is 1. The summed E-state index contributed by atoms with van der Waals surface area (Å²) in [6.07, 6.45) is 0. The minimum Gasteiger partial charge on any atom is -0.478 e. The van der Waals surface area contributed by atoms with E-state index in [1.807, 2.05) is 43.3 Å². The van der Waals surface area contributed by atoms with E-state index >= 15 is 0 Å². The van der Waals surface area contributed by atoms with Crippen molar-refractivity contribution in [3.8, 4) is 11.1 Å². The van der Waals surface area contributed by atoms with Crippen molar-refractivity contribution >= 4 is 16.7 Å². The molecule has 0 fully saturated rings. The fourth-order valence-electron chi connectivity index (χ4n) is 2.61. The van der Waals surface area contributed by atoms with Gasteiger partial charge in [0.15, 0.2) is 0 Å². The second kappa shape index (κ2) is 5.02. The van der Waals surface area contributed by atoms with Crippen molar-refractivity contribution in [2.75, 3.05) is 0 Å². The Labute approximate surface area is 121 Å². The Hall–Kier alpha value is -2.68. The van der Waals surface area contributed by atoms with Gasteiger partial charge in [0.2, 0.25) is 0 Å². The molecule has 0 heterocycles. The summed E-state index contributed by atoms with van der Waals surface area (Å²) in [5, 5.41) is 11.3. The summed E-state index contributed by atoms with van der Waals surface area (Å²) in [5.41, 5.74) is 2.33. The lowest BCUT2D eigenvalue weighted by molar-refractivity contribution is 0.0697. The van der Waals surface area contributed by atoms with Crippen molar-refractivity contribution in [1.29, 1.82) is 0 Å². The van der Waals surface area contributed by atoms with Crippen LogP contribution in [0.2, 0.25) is 0 Å². The number of carboxylic acid groups (broad SMARTS) is 1. The van der Waals surface area contributed by atoms with Crippen LogP contribution in [-0.4, -0.2) is 11.1 Å². The van der Waals surface area contributed by atoms with E-state index in [9.17, 15) is 14.3 Å². The minimum absolute atomic E-state index is 0.102. The van der Waals surface area contributed by atoms with Gasteiger partial charge in [-0.15, -0.1) is 0 Å². The zero-order chi connectivity index (χ0) is 15.0. The number of carbonyl (C=O) groups is 1. The van der Waals surface area contributed by atoms with Gasteiger partial charge in [-0.3, -0.25) is 0 Å². The summed E-state index contributed by atoms with van der Waals surface area (Å²) in [4.78, 5) is 11.4. The molecule has 0 spiro atoms. The number of aryl methyl sites for hydroxylation is 1. The number of fused-ring (bicyclic) bond motifs is 1. The van der Waals surface area contributed by atoms with Gasteiger partial charge in [0, 0.05) is 0 Å². The highest BCUT2D eigenvalue weighted by molar-refractivity contribution is 6.04. The van der Waals surface area contributed by atoms with Crippen molar-refractivity contribution in [2.24, 2.45) is 0 Å². The minimum atomic E-state index is -1.06. The lowest BCUT2D eigenvalue weighted by atomic mass is 9.92. The van der Waals surface area contributed by atoms with Crippen LogP contribution in [0.3, 0.4) is 0 Å². The van der Waals surface area contributed by atoms with Crippen LogP contribution in [0.15, 0.2) is 54.6 Å². The number of halogens is 1. The first-order valence-electron chi connectivity index (χ1n) is 6.59. The molecule has 0 saturated carbocycles. The van der Waals surface area contributed by atoms with E-state index < -0.39 is 11.8 Å². The maximum absolute atomic E-state index is 13.6. The first-order chi connectivity index (χ1) is 10.1. The number of benzene rings is 3. The number of hydrogen-bond donors (Lipinski definition) is 1. The van der Waals surface area contributed by atoms with Gasteiger partial charge >= 0.3 is 5.97 Å². The molecular weight excluding hydrogens is 267 g/mol. The summed E-state index contributed by atoms with van der Waals surface area (Å²) in [6, 6.07) is 15.3. The van der Waals surface area contributed by atoms with Crippen LogP contribution in [-0.2, 0) is 0 Å². The van der Waals surface area contributed by atoms with Crippen LogP contribution in [0.4, 0.5) is 4.39 Å². The monoisotopic (exact) mass is 280 g/mol. The largest absolute Gasteiger partial charge is 0.478 e. The van der Waals surface area contributed by atoms with Gasteiger partial charge < -0.3 is 5.11 Å². The summed E-state index contributed by atoms with van der Waals surface area (Å²) in [5.74, 6) is -1.51. The van der Waals surface area contributed by atoms with Crippen LogP contribution in [0, 0.1) is 12.7 Å². The molecule has 3 aromatic rings. The number of rotatable bonds is 2. The smallest absolute Gasteiger partial charge is 0.336 e. The molecule has 0 aromatic heterocycles. The van der Waals surface area contributed by atoms with Crippen LogP contribution >= 0.6 is 0 Å². The summed E-state index contributed by atoms with van der Waals surface area (Å²) in [7, 11) is 0. The first kappa shape index (κ1) is 13.3. The average molecular weight is 280 g/mol. The summed E-state index contributed by atoms with van der Waals surface area (Å²) >= 11 is 0. The third-order valence-electron chi connectivity index (χ3n) is 3.64. The fourth-order valence-corrected chi connectivity index (χ4v) is 2.61. The zero-order valence-electron chi connectivity index (χ0n) is 11.4. The van der Waals surface area contributed by atoms with Gasteiger partial charge in [0.05, 0.1) is 5.56 Å². The van der Waals surface area contributed by atoms with Crippen molar-refractivity contribution in [3.63, 3.8) is 0 Å². The van der Waals surface area contributed by atoms with Gasteiger partial charge in [0.1, 0.15) is 5.82 Å². The molecule has 0 aliphatic heterocycles. The van der Waals surface area contributed by atoms with E-state index in [4.69, 9.17) is 0 Å². The lowest BCUT2D eigenvalue weighted by Crippen LogP contribution is -2.00. The van der Waals surface area contributed by atoms with Crippen LogP contribution in [0.5, 0.6) is 0 Å². The van der Waals surface area contributed by atoms with Crippen LogP contribution in [0.1, 0.15) is 15.9 Å². The Balaban J connectivity index is 2.39. The Morgan fingerprint density at radius 1 is 0.952 bits per heavy atom. The molecule has 0 amide bonds. The van der Waals surface area contributed by atoms with E-state index in [1.54, 1.807) is 0 Å². The molecule has 0 radical (unpaired) electrons. The predicted molar refractivity (Wildman–Crippen MR) is 81.0 cm³/mol. The third kappa shape index (κ3) is 2.27. The predicted octanol–water partition coefficient (Wildman–Crippen LogP) is 4.65. The Bertz CT molecular complexity index is 853. The van der Waals surface area contributed by atoms with Crippen molar-refractivity contribution < 1.29 is 14.3 Å². The van der Waals surface area contributed by atoms with E-state index in [2.05, 4.69) is 0 Å². The average Bonchev–Trinajstić information content (AvgIpc) is 2.47. The fraction of sp³-hybridized carbons (Fsp3) is 0.0556. The normalized spacial score (nSPS) is 10.8. The molecule has 0 unspecified atom stereocenters. The highest BCUT2D eigenvalue weighted by Crippen LogP contribution is 2.33. The summed E-state index contributed by atoms with van der Waals surface area (Å²) in [6.45, 7) is 2.00. The first-order valence-corrected chi connectivity index (χ1v) is 6.59. The molecule has 21 heavy (non-hydrogen) atoms. The van der Waals surface area contributed by atoms with Gasteiger partial charge in [-0.25, -0.2) is 9.18 Å². The molecule has 3 rings (SSSR count). The van der Waals surface area contributed by atoms with E-state index in [0.717, 1.165) is 21.9 Å². The van der Waals surface area contributed by atoms with Crippen molar-refractivity contribution in [3.05, 3.63) is 71.5 Å². The third-order valence-corrected chi connectivity index (χ3v) is 3.64. The maximum atomic E-state index is 13.6. The Morgan fingerprint density at radius 2 is 1.67 bits per heavy atom.